The van der Waals surface area contributed by atoms with Crippen molar-refractivity contribution in [3.63, 3.8) is 0 Å². The fraction of sp³-hybridized carbons (Fsp3) is 0.235. The van der Waals surface area contributed by atoms with Gasteiger partial charge in [0.25, 0.3) is 0 Å². The molecule has 0 amide bonds. The van der Waals surface area contributed by atoms with Crippen LogP contribution in [0.15, 0.2) is 42.5 Å². The minimum atomic E-state index is -3.85. The molecular formula is C17H17FN2O3S. The van der Waals surface area contributed by atoms with Crippen LogP contribution >= 0.6 is 0 Å². The first kappa shape index (κ1) is 18.1. The third kappa shape index (κ3) is 4.86. The van der Waals surface area contributed by atoms with Gasteiger partial charge in [-0.25, -0.2) is 17.5 Å². The SMILES string of the molecule is Cc1ccc(C(O)CNS(=O)(=O)Cc2cc(C#N)ccc2F)cc1. The molecule has 1 unspecified atom stereocenters. The number of nitriles is 1. The molecule has 0 aromatic heterocycles. The second-order valence-corrected chi connectivity index (χ2v) is 7.26. The van der Waals surface area contributed by atoms with Gasteiger partial charge < -0.3 is 5.11 Å². The first-order valence-electron chi connectivity index (χ1n) is 7.21. The Labute approximate surface area is 140 Å². The maximum atomic E-state index is 13.7. The molecule has 0 spiro atoms. The van der Waals surface area contributed by atoms with E-state index in [2.05, 4.69) is 4.72 Å². The monoisotopic (exact) mass is 348 g/mol. The molecule has 1 atom stereocenters. The van der Waals surface area contributed by atoms with Crippen molar-refractivity contribution in [2.45, 2.75) is 18.8 Å². The van der Waals surface area contributed by atoms with E-state index in [0.29, 0.717) is 5.56 Å². The van der Waals surface area contributed by atoms with Crippen LogP contribution in [0.4, 0.5) is 4.39 Å². The van der Waals surface area contributed by atoms with Gasteiger partial charge in [0.05, 0.1) is 23.5 Å². The van der Waals surface area contributed by atoms with Crippen LogP contribution in [-0.2, 0) is 15.8 Å². The second kappa shape index (κ2) is 7.53. The quantitative estimate of drug-likeness (QED) is 0.837. The Balaban J connectivity index is 2.04. The molecule has 0 saturated carbocycles. The lowest BCUT2D eigenvalue weighted by Crippen LogP contribution is -2.29. The Hall–Kier alpha value is -2.27. The van der Waals surface area contributed by atoms with Crippen LogP contribution in [-0.4, -0.2) is 20.1 Å². The van der Waals surface area contributed by atoms with E-state index in [-0.39, 0.29) is 17.7 Å². The predicted octanol–water partition coefficient (Wildman–Crippen LogP) is 2.16. The highest BCUT2D eigenvalue weighted by Gasteiger charge is 2.17. The molecule has 0 aliphatic carbocycles. The molecule has 0 radical (unpaired) electrons. The van der Waals surface area contributed by atoms with E-state index < -0.39 is 27.7 Å². The molecule has 0 fully saturated rings. The number of aliphatic hydroxyl groups is 1. The Kier molecular flexibility index (Phi) is 5.67. The highest BCUT2D eigenvalue weighted by Crippen LogP contribution is 2.15. The third-order valence-corrected chi connectivity index (χ3v) is 4.78. The number of nitrogens with one attached hydrogen (secondary N) is 1. The number of rotatable bonds is 6. The summed E-state index contributed by atoms with van der Waals surface area (Å²) in [5.41, 5.74) is 1.70. The second-order valence-electron chi connectivity index (χ2n) is 5.45. The van der Waals surface area contributed by atoms with Crippen LogP contribution in [0, 0.1) is 24.1 Å². The average Bonchev–Trinajstić information content (AvgIpc) is 2.55. The zero-order chi connectivity index (χ0) is 17.7. The van der Waals surface area contributed by atoms with E-state index in [1.165, 1.54) is 12.1 Å². The first-order valence-corrected chi connectivity index (χ1v) is 8.86. The highest BCUT2D eigenvalue weighted by atomic mass is 32.2. The highest BCUT2D eigenvalue weighted by molar-refractivity contribution is 7.88. The molecule has 0 aliphatic heterocycles. The van der Waals surface area contributed by atoms with Crippen molar-refractivity contribution in [3.8, 4) is 6.07 Å². The fourth-order valence-corrected chi connectivity index (χ4v) is 3.27. The van der Waals surface area contributed by atoms with Gasteiger partial charge in [-0.1, -0.05) is 29.8 Å². The number of hydrogen-bond acceptors (Lipinski definition) is 4. The number of benzene rings is 2. The average molecular weight is 348 g/mol. The van der Waals surface area contributed by atoms with Crippen LogP contribution in [0.3, 0.4) is 0 Å². The molecule has 0 aliphatic rings. The van der Waals surface area contributed by atoms with Gasteiger partial charge in [0.1, 0.15) is 5.82 Å². The van der Waals surface area contributed by atoms with Gasteiger partial charge in [0.15, 0.2) is 0 Å². The lowest BCUT2D eigenvalue weighted by molar-refractivity contribution is 0.182. The van der Waals surface area contributed by atoms with E-state index in [1.807, 2.05) is 25.1 Å². The smallest absolute Gasteiger partial charge is 0.215 e. The van der Waals surface area contributed by atoms with Gasteiger partial charge in [-0.15, -0.1) is 0 Å². The van der Waals surface area contributed by atoms with Gasteiger partial charge >= 0.3 is 0 Å². The Morgan fingerprint density at radius 2 is 1.92 bits per heavy atom. The van der Waals surface area contributed by atoms with Crippen LogP contribution in [0.2, 0.25) is 0 Å². The van der Waals surface area contributed by atoms with E-state index >= 15 is 0 Å². The Morgan fingerprint density at radius 1 is 1.25 bits per heavy atom. The number of aliphatic hydroxyl groups excluding tert-OH is 1. The molecule has 5 nitrogen and oxygen atoms in total. The van der Waals surface area contributed by atoms with E-state index in [1.54, 1.807) is 12.1 Å². The predicted molar refractivity (Wildman–Crippen MR) is 87.9 cm³/mol. The van der Waals surface area contributed by atoms with E-state index in [0.717, 1.165) is 11.6 Å². The summed E-state index contributed by atoms with van der Waals surface area (Å²) in [7, 11) is -3.85. The third-order valence-electron chi connectivity index (χ3n) is 3.48. The summed E-state index contributed by atoms with van der Waals surface area (Å²) in [6.07, 6.45) is -1.00. The summed E-state index contributed by atoms with van der Waals surface area (Å²) in [6.45, 7) is 1.69. The number of sulfonamides is 1. The minimum Gasteiger partial charge on any atom is -0.387 e. The minimum absolute atomic E-state index is 0.0913. The maximum absolute atomic E-state index is 13.7. The fourth-order valence-electron chi connectivity index (χ4n) is 2.12. The van der Waals surface area contributed by atoms with E-state index in [4.69, 9.17) is 5.26 Å². The largest absolute Gasteiger partial charge is 0.387 e. The molecular weight excluding hydrogens is 331 g/mol. The van der Waals surface area contributed by atoms with Crippen molar-refractivity contribution in [2.24, 2.45) is 0 Å². The molecule has 2 aromatic rings. The topological polar surface area (TPSA) is 90.2 Å². The number of nitrogens with zero attached hydrogens (tertiary/aromatic N) is 1. The van der Waals surface area contributed by atoms with Crippen LogP contribution < -0.4 is 4.72 Å². The van der Waals surface area contributed by atoms with Gasteiger partial charge in [-0.3, -0.25) is 0 Å². The van der Waals surface area contributed by atoms with Crippen molar-refractivity contribution in [1.29, 1.82) is 5.26 Å². The zero-order valence-electron chi connectivity index (χ0n) is 13.0. The normalized spacial score (nSPS) is 12.6. The van der Waals surface area contributed by atoms with Crippen molar-refractivity contribution < 1.29 is 17.9 Å². The molecule has 2 rings (SSSR count). The summed E-state index contributed by atoms with van der Waals surface area (Å²) in [4.78, 5) is 0. The van der Waals surface area contributed by atoms with Gasteiger partial charge in [-0.2, -0.15) is 5.26 Å². The Morgan fingerprint density at radius 3 is 2.54 bits per heavy atom. The van der Waals surface area contributed by atoms with Crippen molar-refractivity contribution in [1.82, 2.24) is 4.72 Å². The standard InChI is InChI=1S/C17H17FN2O3S/c1-12-2-5-14(6-3-12)17(21)10-20-24(22,23)11-15-8-13(9-19)4-7-16(15)18/h2-8,17,20-21H,10-11H2,1H3. The summed E-state index contributed by atoms with van der Waals surface area (Å²) in [5, 5.41) is 18.8. The molecule has 126 valence electrons. The molecule has 24 heavy (non-hydrogen) atoms. The molecule has 0 bridgehead atoms. The van der Waals surface area contributed by atoms with Crippen LogP contribution in [0.25, 0.3) is 0 Å². The van der Waals surface area contributed by atoms with Gasteiger partial charge in [0.2, 0.25) is 10.0 Å². The van der Waals surface area contributed by atoms with Gasteiger partial charge in [-0.05, 0) is 30.7 Å². The molecule has 0 heterocycles. The number of halogens is 1. The number of hydrogen-bond donors (Lipinski definition) is 2. The summed E-state index contributed by atoms with van der Waals surface area (Å²) < 4.78 is 40.1. The van der Waals surface area contributed by atoms with E-state index in [9.17, 15) is 17.9 Å². The molecule has 7 heteroatoms. The lowest BCUT2D eigenvalue weighted by Gasteiger charge is -2.13. The first-order chi connectivity index (χ1) is 11.3. The van der Waals surface area contributed by atoms with Crippen molar-refractivity contribution >= 4 is 10.0 Å². The molecule has 2 N–H and O–H groups in total. The maximum Gasteiger partial charge on any atom is 0.215 e. The van der Waals surface area contributed by atoms with Crippen LogP contribution in [0.5, 0.6) is 0 Å². The molecule has 2 aromatic carbocycles. The summed E-state index contributed by atoms with van der Waals surface area (Å²) in [6, 6.07) is 12.4. The zero-order valence-corrected chi connectivity index (χ0v) is 13.8. The summed E-state index contributed by atoms with van der Waals surface area (Å²) in [5.74, 6) is -1.30. The van der Waals surface area contributed by atoms with Crippen molar-refractivity contribution in [2.75, 3.05) is 6.54 Å². The van der Waals surface area contributed by atoms with Gasteiger partial charge in [0, 0.05) is 12.1 Å². The number of aryl methyl sites for hydroxylation is 1. The lowest BCUT2D eigenvalue weighted by atomic mass is 10.1. The van der Waals surface area contributed by atoms with Crippen LogP contribution in [0.1, 0.15) is 28.4 Å². The Bertz CT molecular complexity index is 858. The summed E-state index contributed by atoms with van der Waals surface area (Å²) >= 11 is 0. The van der Waals surface area contributed by atoms with Crippen molar-refractivity contribution in [3.05, 3.63) is 70.5 Å². The molecule has 0 saturated heterocycles.